The van der Waals surface area contributed by atoms with E-state index in [4.69, 9.17) is 9.47 Å². The van der Waals surface area contributed by atoms with E-state index < -0.39 is 5.72 Å². The maximum absolute atomic E-state index is 12.0. The fourth-order valence-electron chi connectivity index (χ4n) is 4.84. The molecule has 0 radical (unpaired) electrons. The van der Waals surface area contributed by atoms with Crippen molar-refractivity contribution in [2.24, 2.45) is 0 Å². The van der Waals surface area contributed by atoms with E-state index in [1.165, 1.54) is 29.1 Å². The Labute approximate surface area is 172 Å². The normalized spacial score (nSPS) is 23.8. The van der Waals surface area contributed by atoms with E-state index in [1.807, 2.05) is 18.2 Å². The van der Waals surface area contributed by atoms with Crippen molar-refractivity contribution in [2.75, 3.05) is 31.2 Å². The summed E-state index contributed by atoms with van der Waals surface area (Å²) in [5.74, 6) is 2.71. The second-order valence-electron chi connectivity index (χ2n) is 8.43. The molecule has 3 heterocycles. The Balaban J connectivity index is 1.62. The van der Waals surface area contributed by atoms with Gasteiger partial charge in [0.1, 0.15) is 18.9 Å². The number of benzene rings is 2. The second-order valence-corrected chi connectivity index (χ2v) is 8.43. The zero-order chi connectivity index (χ0) is 20.0. The van der Waals surface area contributed by atoms with Crippen molar-refractivity contribution >= 4 is 11.5 Å². The minimum atomic E-state index is -1.08. The molecule has 1 atom stereocenters. The molecule has 0 amide bonds. The largest absolute Gasteiger partial charge is 0.486 e. The van der Waals surface area contributed by atoms with Crippen molar-refractivity contribution < 1.29 is 19.2 Å². The first-order valence-corrected chi connectivity index (χ1v) is 10.7. The Morgan fingerprint density at radius 2 is 1.79 bits per heavy atom. The van der Waals surface area contributed by atoms with Crippen LogP contribution >= 0.6 is 0 Å². The zero-order valence-corrected chi connectivity index (χ0v) is 17.3. The van der Waals surface area contributed by atoms with Crippen molar-refractivity contribution in [2.45, 2.75) is 45.3 Å². The lowest BCUT2D eigenvalue weighted by Gasteiger charge is -2.26. The van der Waals surface area contributed by atoms with Crippen LogP contribution in [0.1, 0.15) is 42.4 Å². The van der Waals surface area contributed by atoms with Crippen molar-refractivity contribution in [1.82, 2.24) is 0 Å². The standard InChI is InChI=1S/C24H29N2O3/c1-17-7-8-18(2)20(14-17)25-16-24(27,26-11-5-3-4-6-23(25)26)19-9-10-21-22(15-19)29-13-12-28-21/h7-10,14-15,27H,3-6,11-13,16H2,1-2H3/q+1/t24-/m0/s1. The summed E-state index contributed by atoms with van der Waals surface area (Å²) >= 11 is 0. The maximum Gasteiger partial charge on any atom is 0.271 e. The molecule has 3 aliphatic rings. The number of anilines is 1. The molecule has 5 nitrogen and oxygen atoms in total. The number of aliphatic hydroxyl groups is 1. The first-order chi connectivity index (χ1) is 14.1. The molecule has 0 spiro atoms. The lowest BCUT2D eigenvalue weighted by atomic mass is 10.0. The smallest absolute Gasteiger partial charge is 0.271 e. The van der Waals surface area contributed by atoms with E-state index >= 15 is 0 Å². The average molecular weight is 394 g/mol. The average Bonchev–Trinajstić information content (AvgIpc) is 2.88. The van der Waals surface area contributed by atoms with Gasteiger partial charge in [-0.2, -0.15) is 0 Å². The highest BCUT2D eigenvalue weighted by atomic mass is 16.6. The lowest BCUT2D eigenvalue weighted by Crippen LogP contribution is -2.41. The summed E-state index contributed by atoms with van der Waals surface area (Å²) in [6.07, 6.45) is 4.43. The molecule has 0 aliphatic carbocycles. The van der Waals surface area contributed by atoms with Gasteiger partial charge >= 0.3 is 0 Å². The summed E-state index contributed by atoms with van der Waals surface area (Å²) in [5, 5.41) is 12.0. The van der Waals surface area contributed by atoms with E-state index in [-0.39, 0.29) is 0 Å². The van der Waals surface area contributed by atoms with Crippen LogP contribution in [-0.2, 0) is 5.72 Å². The number of hydrogen-bond donors (Lipinski definition) is 1. The molecular weight excluding hydrogens is 364 g/mol. The van der Waals surface area contributed by atoms with E-state index in [0.717, 1.165) is 42.9 Å². The van der Waals surface area contributed by atoms with Gasteiger partial charge in [0.15, 0.2) is 18.0 Å². The highest BCUT2D eigenvalue weighted by Gasteiger charge is 2.52. The van der Waals surface area contributed by atoms with Crippen LogP contribution in [0.2, 0.25) is 0 Å². The summed E-state index contributed by atoms with van der Waals surface area (Å²) < 4.78 is 13.7. The number of fused-ring (bicyclic) bond motifs is 1. The van der Waals surface area contributed by atoms with E-state index in [0.29, 0.717) is 19.8 Å². The van der Waals surface area contributed by atoms with Crippen molar-refractivity contribution in [3.63, 3.8) is 0 Å². The number of hydrogen-bond acceptors (Lipinski definition) is 4. The molecule has 5 rings (SSSR count). The van der Waals surface area contributed by atoms with Crippen LogP contribution in [-0.4, -0.2) is 41.8 Å². The Morgan fingerprint density at radius 1 is 0.966 bits per heavy atom. The van der Waals surface area contributed by atoms with Crippen molar-refractivity contribution in [1.29, 1.82) is 0 Å². The van der Waals surface area contributed by atoms with Crippen LogP contribution < -0.4 is 14.4 Å². The van der Waals surface area contributed by atoms with Crippen LogP contribution in [0.15, 0.2) is 36.4 Å². The van der Waals surface area contributed by atoms with Gasteiger partial charge in [-0.15, -0.1) is 0 Å². The number of rotatable bonds is 2. The number of ether oxygens (including phenoxy) is 2. The van der Waals surface area contributed by atoms with Crippen LogP contribution in [0.5, 0.6) is 11.5 Å². The number of amidine groups is 1. The Hall–Kier alpha value is -2.53. The minimum absolute atomic E-state index is 0.520. The third-order valence-electron chi connectivity index (χ3n) is 6.39. The monoisotopic (exact) mass is 393 g/mol. The molecule has 2 aromatic carbocycles. The molecule has 0 bridgehead atoms. The summed E-state index contributed by atoms with van der Waals surface area (Å²) in [6, 6.07) is 12.4. The Bertz CT molecular complexity index is 984. The second kappa shape index (κ2) is 7.06. The third kappa shape index (κ3) is 3.08. The molecule has 0 fully saturated rings. The molecule has 3 aliphatic heterocycles. The molecule has 1 N–H and O–H groups in total. The highest BCUT2D eigenvalue weighted by molar-refractivity contribution is 5.96. The van der Waals surface area contributed by atoms with Crippen molar-refractivity contribution in [3.8, 4) is 11.5 Å². The minimum Gasteiger partial charge on any atom is -0.486 e. The van der Waals surface area contributed by atoms with Crippen LogP contribution in [0.25, 0.3) is 0 Å². The third-order valence-corrected chi connectivity index (χ3v) is 6.39. The molecule has 0 unspecified atom stereocenters. The van der Waals surface area contributed by atoms with Crippen LogP contribution in [0.3, 0.4) is 0 Å². The SMILES string of the molecule is Cc1ccc(C)c(N2C[C@](O)(c3ccc4c(c3)OCCO4)[N+]3=C2CCCCC3)c1. The Morgan fingerprint density at radius 3 is 2.66 bits per heavy atom. The summed E-state index contributed by atoms with van der Waals surface area (Å²) in [6.45, 7) is 6.78. The van der Waals surface area contributed by atoms with Gasteiger partial charge in [0.05, 0.1) is 6.54 Å². The van der Waals surface area contributed by atoms with Crippen LogP contribution in [0, 0.1) is 13.8 Å². The van der Waals surface area contributed by atoms with E-state index in [2.05, 4.69) is 41.5 Å². The molecule has 5 heteroatoms. The summed E-state index contributed by atoms with van der Waals surface area (Å²) in [5.41, 5.74) is 3.46. The van der Waals surface area contributed by atoms with E-state index in [9.17, 15) is 5.11 Å². The van der Waals surface area contributed by atoms with Gasteiger partial charge < -0.3 is 14.6 Å². The van der Waals surface area contributed by atoms with Gasteiger partial charge in [-0.25, -0.2) is 9.48 Å². The van der Waals surface area contributed by atoms with Gasteiger partial charge in [-0.3, -0.25) is 0 Å². The molecule has 0 saturated carbocycles. The molecule has 0 aromatic heterocycles. The van der Waals surface area contributed by atoms with Gasteiger partial charge in [0.25, 0.3) is 11.6 Å². The van der Waals surface area contributed by atoms with Gasteiger partial charge in [-0.1, -0.05) is 12.1 Å². The predicted octanol–water partition coefficient (Wildman–Crippen LogP) is 3.72. The molecular formula is C24H29N2O3+. The molecule has 0 saturated heterocycles. The van der Waals surface area contributed by atoms with E-state index in [1.54, 1.807) is 0 Å². The molecule has 29 heavy (non-hydrogen) atoms. The zero-order valence-electron chi connectivity index (χ0n) is 17.3. The molecule has 2 aromatic rings. The van der Waals surface area contributed by atoms with Crippen molar-refractivity contribution in [3.05, 3.63) is 53.1 Å². The lowest BCUT2D eigenvalue weighted by molar-refractivity contribution is -0.658. The highest BCUT2D eigenvalue weighted by Crippen LogP contribution is 2.40. The van der Waals surface area contributed by atoms with Gasteiger partial charge in [0.2, 0.25) is 0 Å². The first kappa shape index (κ1) is 18.5. The number of aryl methyl sites for hydroxylation is 2. The van der Waals surface area contributed by atoms with Crippen LogP contribution in [0.4, 0.5) is 5.69 Å². The Kier molecular flexibility index (Phi) is 4.50. The summed E-state index contributed by atoms with van der Waals surface area (Å²) in [7, 11) is 0. The number of nitrogens with zero attached hydrogens (tertiary/aromatic N) is 2. The first-order valence-electron chi connectivity index (χ1n) is 10.7. The topological polar surface area (TPSA) is 44.9 Å². The van der Waals surface area contributed by atoms with Gasteiger partial charge in [-0.05, 0) is 68.5 Å². The quantitative estimate of drug-likeness (QED) is 0.790. The van der Waals surface area contributed by atoms with Gasteiger partial charge in [0, 0.05) is 12.0 Å². The fourth-order valence-corrected chi connectivity index (χ4v) is 4.84. The molecule has 152 valence electrons. The predicted molar refractivity (Wildman–Crippen MR) is 113 cm³/mol. The summed E-state index contributed by atoms with van der Waals surface area (Å²) in [4.78, 5) is 2.34. The fraction of sp³-hybridized carbons (Fsp3) is 0.458. The maximum atomic E-state index is 12.0. The number of β-amino-alcohol motifs (C(OH)–C–C–N with tert-alkyl or cyclic N) is 1.